The van der Waals surface area contributed by atoms with Gasteiger partial charge in [-0.1, -0.05) is 29.3 Å². The molecule has 1 amide bonds. The van der Waals surface area contributed by atoms with Crippen molar-refractivity contribution >= 4 is 40.4 Å². The minimum Gasteiger partial charge on any atom is -0.497 e. The average molecular weight is 456 g/mol. The molecule has 0 aliphatic heterocycles. The summed E-state index contributed by atoms with van der Waals surface area (Å²) in [5.74, 6) is 0.824. The highest BCUT2D eigenvalue weighted by Gasteiger charge is 2.17. The number of halogens is 2. The van der Waals surface area contributed by atoms with E-state index in [2.05, 4.69) is 10.3 Å². The van der Waals surface area contributed by atoms with Crippen molar-refractivity contribution in [2.45, 2.75) is 13.0 Å². The van der Waals surface area contributed by atoms with E-state index in [9.17, 15) is 4.79 Å². The fourth-order valence-corrected chi connectivity index (χ4v) is 3.37. The zero-order valence-electron chi connectivity index (χ0n) is 16.8. The molecule has 31 heavy (non-hydrogen) atoms. The van der Waals surface area contributed by atoms with Gasteiger partial charge in [0.2, 0.25) is 0 Å². The van der Waals surface area contributed by atoms with E-state index in [4.69, 9.17) is 32.7 Å². The minimum absolute atomic E-state index is 0.273. The third-order valence-corrected chi connectivity index (χ3v) is 5.50. The zero-order chi connectivity index (χ0) is 22.0. The summed E-state index contributed by atoms with van der Waals surface area (Å²) >= 11 is 12.1. The normalized spacial score (nSPS) is 11.9. The number of nitrogens with one attached hydrogen (secondary N) is 1. The molecule has 0 saturated heterocycles. The Morgan fingerprint density at radius 2 is 1.84 bits per heavy atom. The molecule has 0 unspecified atom stereocenters. The van der Waals surface area contributed by atoms with Crippen molar-refractivity contribution in [2.75, 3.05) is 12.4 Å². The number of amides is 1. The molecule has 0 spiro atoms. The molecule has 4 aromatic rings. The van der Waals surface area contributed by atoms with E-state index in [0.29, 0.717) is 16.5 Å². The van der Waals surface area contributed by atoms with Crippen molar-refractivity contribution in [3.05, 3.63) is 77.0 Å². The number of fused-ring (bicyclic) bond motifs is 1. The monoisotopic (exact) mass is 455 g/mol. The summed E-state index contributed by atoms with van der Waals surface area (Å²) in [6, 6.07) is 16.3. The van der Waals surface area contributed by atoms with Crippen LogP contribution in [0.3, 0.4) is 0 Å². The van der Waals surface area contributed by atoms with E-state index in [1.54, 1.807) is 44.5 Å². The maximum Gasteiger partial charge on any atom is 0.265 e. The van der Waals surface area contributed by atoms with Crippen molar-refractivity contribution in [1.82, 2.24) is 9.38 Å². The third-order valence-electron chi connectivity index (χ3n) is 4.69. The molecule has 1 atom stereocenters. The molecular formula is C23H19Cl2N3O3. The molecule has 6 nitrogen and oxygen atoms in total. The van der Waals surface area contributed by atoms with Crippen molar-refractivity contribution < 1.29 is 14.3 Å². The van der Waals surface area contributed by atoms with E-state index in [1.165, 1.54) is 0 Å². The molecule has 0 fully saturated rings. The molecule has 2 aromatic carbocycles. The number of carbonyl (C=O) groups excluding carboxylic acids is 1. The molecule has 2 aromatic heterocycles. The molecule has 0 radical (unpaired) electrons. The lowest BCUT2D eigenvalue weighted by molar-refractivity contribution is -0.122. The van der Waals surface area contributed by atoms with Crippen LogP contribution in [0.25, 0.3) is 16.9 Å². The van der Waals surface area contributed by atoms with E-state index in [1.807, 2.05) is 40.9 Å². The number of hydrogen-bond donors (Lipinski definition) is 1. The third kappa shape index (κ3) is 4.60. The second-order valence-electron chi connectivity index (χ2n) is 6.84. The van der Waals surface area contributed by atoms with Gasteiger partial charge in [0, 0.05) is 18.0 Å². The van der Waals surface area contributed by atoms with Gasteiger partial charge in [-0.15, -0.1) is 0 Å². The number of ether oxygens (including phenoxy) is 2. The second kappa shape index (κ2) is 8.88. The number of aromatic nitrogens is 2. The average Bonchev–Trinajstić information content (AvgIpc) is 3.20. The first-order valence-electron chi connectivity index (χ1n) is 9.49. The molecule has 0 aliphatic rings. The Bertz CT molecular complexity index is 1240. The number of hydrogen-bond acceptors (Lipinski definition) is 4. The van der Waals surface area contributed by atoms with Crippen molar-refractivity contribution in [3.63, 3.8) is 0 Å². The fraction of sp³-hybridized carbons (Fsp3) is 0.130. The maximum atomic E-state index is 12.6. The van der Waals surface area contributed by atoms with Crippen LogP contribution >= 0.6 is 23.2 Å². The minimum atomic E-state index is -0.774. The highest BCUT2D eigenvalue weighted by Crippen LogP contribution is 2.32. The standard InChI is InChI=1S/C23H19Cl2N3O3/c1-14(31-20-5-3-4-18(24)22(20)25)23(29)26-16-8-11-21-27-19(13-28(21)12-16)15-6-9-17(30-2)10-7-15/h3-14H,1-2H3,(H,26,29)/t14-/m0/s1. The van der Waals surface area contributed by atoms with Crippen LogP contribution < -0.4 is 14.8 Å². The van der Waals surface area contributed by atoms with Crippen molar-refractivity contribution in [3.8, 4) is 22.8 Å². The number of rotatable bonds is 6. The Morgan fingerprint density at radius 1 is 1.06 bits per heavy atom. The number of imidazole rings is 1. The van der Waals surface area contributed by atoms with Gasteiger partial charge in [-0.25, -0.2) is 4.98 Å². The molecule has 0 saturated carbocycles. The smallest absolute Gasteiger partial charge is 0.265 e. The summed E-state index contributed by atoms with van der Waals surface area (Å²) in [5.41, 5.74) is 3.16. The maximum absolute atomic E-state index is 12.6. The van der Waals surface area contributed by atoms with Gasteiger partial charge in [-0.05, 0) is 55.5 Å². The Morgan fingerprint density at radius 3 is 2.58 bits per heavy atom. The SMILES string of the molecule is COc1ccc(-c2cn3cc(NC(=O)[C@H](C)Oc4cccc(Cl)c4Cl)ccc3n2)cc1. The van der Waals surface area contributed by atoms with Gasteiger partial charge in [-0.2, -0.15) is 0 Å². The van der Waals surface area contributed by atoms with Crippen LogP contribution in [-0.4, -0.2) is 28.5 Å². The molecule has 4 rings (SSSR count). The molecular weight excluding hydrogens is 437 g/mol. The predicted octanol–water partition coefficient (Wildman–Crippen LogP) is 5.72. The first-order valence-corrected chi connectivity index (χ1v) is 10.2. The van der Waals surface area contributed by atoms with E-state index >= 15 is 0 Å². The van der Waals surface area contributed by atoms with Crippen LogP contribution in [-0.2, 0) is 4.79 Å². The van der Waals surface area contributed by atoms with Crippen LogP contribution in [0.1, 0.15) is 6.92 Å². The summed E-state index contributed by atoms with van der Waals surface area (Å²) in [5, 5.41) is 3.49. The molecule has 8 heteroatoms. The number of carbonyl (C=O) groups is 1. The Balaban J connectivity index is 1.49. The van der Waals surface area contributed by atoms with Crippen molar-refractivity contribution in [1.29, 1.82) is 0 Å². The highest BCUT2D eigenvalue weighted by molar-refractivity contribution is 6.42. The zero-order valence-corrected chi connectivity index (χ0v) is 18.3. The van der Waals surface area contributed by atoms with Gasteiger partial charge in [0.25, 0.3) is 5.91 Å². The highest BCUT2D eigenvalue weighted by atomic mass is 35.5. The van der Waals surface area contributed by atoms with Crippen LogP contribution in [0.5, 0.6) is 11.5 Å². The van der Waals surface area contributed by atoms with Crippen LogP contribution in [0, 0.1) is 0 Å². The summed E-state index contributed by atoms with van der Waals surface area (Å²) < 4.78 is 12.7. The first-order chi connectivity index (χ1) is 14.9. The number of anilines is 1. The van der Waals surface area contributed by atoms with Gasteiger partial charge < -0.3 is 19.2 Å². The number of methoxy groups -OCH3 is 1. The van der Waals surface area contributed by atoms with Gasteiger partial charge in [0.05, 0.1) is 23.5 Å². The number of nitrogens with zero attached hydrogens (tertiary/aromatic N) is 2. The number of benzene rings is 2. The van der Waals surface area contributed by atoms with E-state index < -0.39 is 6.10 Å². The fourth-order valence-electron chi connectivity index (χ4n) is 3.03. The lowest BCUT2D eigenvalue weighted by Gasteiger charge is -2.16. The molecule has 0 aliphatic carbocycles. The predicted molar refractivity (Wildman–Crippen MR) is 122 cm³/mol. The second-order valence-corrected chi connectivity index (χ2v) is 7.62. The molecule has 158 valence electrons. The lowest BCUT2D eigenvalue weighted by Crippen LogP contribution is -2.30. The van der Waals surface area contributed by atoms with Crippen LogP contribution in [0.2, 0.25) is 10.0 Å². The Hall–Kier alpha value is -3.22. The van der Waals surface area contributed by atoms with Gasteiger partial charge in [0.15, 0.2) is 6.10 Å². The quantitative estimate of drug-likeness (QED) is 0.403. The first kappa shape index (κ1) is 21.0. The molecule has 2 heterocycles. The summed E-state index contributed by atoms with van der Waals surface area (Å²) in [6.07, 6.45) is 2.93. The van der Waals surface area contributed by atoms with Crippen molar-refractivity contribution in [2.24, 2.45) is 0 Å². The molecule has 1 N–H and O–H groups in total. The number of pyridine rings is 1. The van der Waals surface area contributed by atoms with Gasteiger partial charge in [-0.3, -0.25) is 4.79 Å². The van der Waals surface area contributed by atoms with Gasteiger partial charge in [0.1, 0.15) is 22.2 Å². The van der Waals surface area contributed by atoms with E-state index in [0.717, 1.165) is 22.7 Å². The Labute approximate surface area is 189 Å². The summed E-state index contributed by atoms with van der Waals surface area (Å²) in [6.45, 7) is 1.64. The van der Waals surface area contributed by atoms with Crippen LogP contribution in [0.4, 0.5) is 5.69 Å². The van der Waals surface area contributed by atoms with Crippen LogP contribution in [0.15, 0.2) is 67.0 Å². The molecule has 0 bridgehead atoms. The lowest BCUT2D eigenvalue weighted by atomic mass is 10.2. The largest absolute Gasteiger partial charge is 0.497 e. The van der Waals surface area contributed by atoms with Gasteiger partial charge >= 0.3 is 0 Å². The topological polar surface area (TPSA) is 64.9 Å². The summed E-state index contributed by atoms with van der Waals surface area (Å²) in [4.78, 5) is 17.2. The Kier molecular flexibility index (Phi) is 6.02. The van der Waals surface area contributed by atoms with E-state index in [-0.39, 0.29) is 10.9 Å². The summed E-state index contributed by atoms with van der Waals surface area (Å²) in [7, 11) is 1.63.